The molecule has 2 aromatic rings. The van der Waals surface area contributed by atoms with Gasteiger partial charge in [-0.3, -0.25) is 0 Å². The summed E-state index contributed by atoms with van der Waals surface area (Å²) in [6.07, 6.45) is 0. The Hall–Kier alpha value is -1.68. The molecule has 0 amide bonds. The van der Waals surface area contributed by atoms with Crippen LogP contribution in [0.2, 0.25) is 0 Å². The molecule has 0 bridgehead atoms. The Kier molecular flexibility index (Phi) is 3.01. The molecule has 0 aliphatic heterocycles. The Balaban J connectivity index is 3.07. The first-order valence-electron chi connectivity index (χ1n) is 4.85. The second-order valence-corrected chi connectivity index (χ2v) is 6.47. The van der Waals surface area contributed by atoms with Crippen LogP contribution in [-0.2, 0) is 20.2 Å². The van der Waals surface area contributed by atoms with Crippen LogP contribution in [0.25, 0.3) is 10.8 Å². The Morgan fingerprint density at radius 3 is 1.95 bits per heavy atom. The minimum absolute atomic E-state index is 0.127. The zero-order valence-corrected chi connectivity index (χ0v) is 10.9. The van der Waals surface area contributed by atoms with E-state index in [1.807, 2.05) is 0 Å². The number of nitrogens with two attached hydrogens (primary N) is 1. The van der Waals surface area contributed by atoms with Crippen LogP contribution in [0.3, 0.4) is 0 Å². The highest BCUT2D eigenvalue weighted by Gasteiger charge is 2.14. The van der Waals surface area contributed by atoms with Crippen molar-refractivity contribution in [2.75, 3.05) is 5.73 Å². The lowest BCUT2D eigenvalue weighted by atomic mass is 10.1. The summed E-state index contributed by atoms with van der Waals surface area (Å²) in [6, 6.07) is 5.48. The molecule has 0 fully saturated rings. The lowest BCUT2D eigenvalue weighted by Crippen LogP contribution is -2.04. The van der Waals surface area contributed by atoms with Gasteiger partial charge in [0, 0.05) is 16.5 Å². The molecular formula is C10H7NO6S2-2. The number of anilines is 1. The van der Waals surface area contributed by atoms with E-state index >= 15 is 0 Å². The van der Waals surface area contributed by atoms with Gasteiger partial charge in [-0.25, -0.2) is 16.8 Å². The molecule has 0 aliphatic carbocycles. The molecule has 0 radical (unpaired) electrons. The van der Waals surface area contributed by atoms with Crippen molar-refractivity contribution in [3.63, 3.8) is 0 Å². The third-order valence-corrected chi connectivity index (χ3v) is 4.25. The van der Waals surface area contributed by atoms with E-state index in [9.17, 15) is 25.9 Å². The van der Waals surface area contributed by atoms with Gasteiger partial charge >= 0.3 is 0 Å². The molecule has 0 unspecified atom stereocenters. The molecule has 19 heavy (non-hydrogen) atoms. The molecule has 2 rings (SSSR count). The van der Waals surface area contributed by atoms with E-state index in [0.717, 1.165) is 18.2 Å². The third-order valence-electron chi connectivity index (χ3n) is 2.48. The van der Waals surface area contributed by atoms with Gasteiger partial charge < -0.3 is 14.8 Å². The van der Waals surface area contributed by atoms with Crippen LogP contribution in [0.15, 0.2) is 40.1 Å². The van der Waals surface area contributed by atoms with E-state index < -0.39 is 30.0 Å². The largest absolute Gasteiger partial charge is 0.744 e. The Bertz CT molecular complexity index is 870. The Morgan fingerprint density at radius 2 is 1.42 bits per heavy atom. The molecule has 0 saturated heterocycles. The predicted octanol–water partition coefficient (Wildman–Crippen LogP) is 0.230. The van der Waals surface area contributed by atoms with E-state index in [-0.39, 0.29) is 16.5 Å². The summed E-state index contributed by atoms with van der Waals surface area (Å²) in [6.45, 7) is 0. The SMILES string of the molecule is Nc1cc(S(=O)(=O)[O-])c2cccc(S(=O)(=O)[O-])c2c1. The topological polar surface area (TPSA) is 140 Å². The van der Waals surface area contributed by atoms with Crippen molar-refractivity contribution in [2.45, 2.75) is 9.79 Å². The lowest BCUT2D eigenvalue weighted by molar-refractivity contribution is 0.461. The molecule has 7 nitrogen and oxygen atoms in total. The maximum atomic E-state index is 11.1. The Labute approximate surface area is 109 Å². The number of rotatable bonds is 2. The summed E-state index contributed by atoms with van der Waals surface area (Å²) >= 11 is 0. The molecule has 0 saturated carbocycles. The van der Waals surface area contributed by atoms with Crippen molar-refractivity contribution >= 4 is 36.7 Å². The standard InChI is InChI=1S/C10H9NO6S2/c11-6-4-8-7(10(5-6)19(15,16)17)2-1-3-9(8)18(12,13)14/h1-5H,11H2,(H,12,13,14)(H,15,16,17)/p-2. The minimum Gasteiger partial charge on any atom is -0.744 e. The average molecular weight is 301 g/mol. The quantitative estimate of drug-likeness (QED) is 0.618. The van der Waals surface area contributed by atoms with Crippen LogP contribution in [0.5, 0.6) is 0 Å². The second-order valence-electron chi connectivity index (χ2n) is 3.78. The van der Waals surface area contributed by atoms with Gasteiger partial charge in [0.15, 0.2) is 0 Å². The maximum absolute atomic E-state index is 11.1. The summed E-state index contributed by atoms with van der Waals surface area (Å²) in [4.78, 5) is -1.28. The molecule has 0 spiro atoms. The van der Waals surface area contributed by atoms with Gasteiger partial charge in [0.25, 0.3) is 0 Å². The van der Waals surface area contributed by atoms with E-state index in [4.69, 9.17) is 5.73 Å². The van der Waals surface area contributed by atoms with Gasteiger partial charge in [0.1, 0.15) is 20.2 Å². The highest BCUT2D eigenvalue weighted by molar-refractivity contribution is 7.86. The minimum atomic E-state index is -4.84. The molecule has 102 valence electrons. The van der Waals surface area contributed by atoms with Crippen LogP contribution in [-0.4, -0.2) is 25.9 Å². The van der Waals surface area contributed by atoms with Gasteiger partial charge in [-0.1, -0.05) is 12.1 Å². The number of hydrogen-bond donors (Lipinski definition) is 1. The molecule has 9 heteroatoms. The monoisotopic (exact) mass is 301 g/mol. The average Bonchev–Trinajstić information content (AvgIpc) is 2.24. The van der Waals surface area contributed by atoms with E-state index in [0.29, 0.717) is 0 Å². The number of hydrogen-bond acceptors (Lipinski definition) is 7. The van der Waals surface area contributed by atoms with Crippen molar-refractivity contribution in [3.05, 3.63) is 30.3 Å². The molecule has 0 aliphatic rings. The van der Waals surface area contributed by atoms with Gasteiger partial charge in [0.05, 0.1) is 9.79 Å². The van der Waals surface area contributed by atoms with Crippen LogP contribution >= 0.6 is 0 Å². The van der Waals surface area contributed by atoms with Crippen LogP contribution in [0.1, 0.15) is 0 Å². The summed E-state index contributed by atoms with van der Waals surface area (Å²) in [5.74, 6) is 0. The number of benzene rings is 2. The van der Waals surface area contributed by atoms with E-state index in [2.05, 4.69) is 0 Å². The first-order valence-corrected chi connectivity index (χ1v) is 7.66. The summed E-state index contributed by atoms with van der Waals surface area (Å²) in [7, 11) is -9.65. The first-order chi connectivity index (χ1) is 8.60. The van der Waals surface area contributed by atoms with Gasteiger partial charge in [-0.2, -0.15) is 0 Å². The number of fused-ring (bicyclic) bond motifs is 1. The van der Waals surface area contributed by atoms with Crippen LogP contribution in [0.4, 0.5) is 5.69 Å². The molecule has 0 aromatic heterocycles. The van der Waals surface area contributed by atoms with Crippen LogP contribution < -0.4 is 5.73 Å². The predicted molar refractivity (Wildman–Crippen MR) is 64.3 cm³/mol. The van der Waals surface area contributed by atoms with Crippen molar-refractivity contribution < 1.29 is 25.9 Å². The zero-order chi connectivity index (χ0) is 14.4. The summed E-state index contributed by atoms with van der Waals surface area (Å²) in [5.41, 5.74) is 5.31. The van der Waals surface area contributed by atoms with Gasteiger partial charge in [0.2, 0.25) is 0 Å². The highest BCUT2D eigenvalue weighted by Crippen LogP contribution is 2.30. The highest BCUT2D eigenvalue weighted by atomic mass is 32.2. The molecule has 2 N–H and O–H groups in total. The maximum Gasteiger partial charge on any atom is 0.125 e. The van der Waals surface area contributed by atoms with Crippen molar-refractivity contribution in [2.24, 2.45) is 0 Å². The van der Waals surface area contributed by atoms with Crippen LogP contribution in [0, 0.1) is 0 Å². The fourth-order valence-corrected chi connectivity index (χ4v) is 3.18. The molecule has 0 heterocycles. The fraction of sp³-hybridized carbons (Fsp3) is 0. The molecule has 0 atom stereocenters. The van der Waals surface area contributed by atoms with E-state index in [1.54, 1.807) is 0 Å². The molecule has 2 aromatic carbocycles. The summed E-state index contributed by atoms with van der Waals surface area (Å²) < 4.78 is 66.6. The number of nitrogen functional groups attached to an aromatic ring is 1. The lowest BCUT2D eigenvalue weighted by Gasteiger charge is -2.15. The normalized spacial score (nSPS) is 12.7. The van der Waals surface area contributed by atoms with Crippen molar-refractivity contribution in [1.82, 2.24) is 0 Å². The van der Waals surface area contributed by atoms with Crippen molar-refractivity contribution in [1.29, 1.82) is 0 Å². The third kappa shape index (κ3) is 2.54. The summed E-state index contributed by atoms with van der Waals surface area (Å²) in [5, 5.41) is -0.340. The Morgan fingerprint density at radius 1 is 0.842 bits per heavy atom. The second kappa shape index (κ2) is 4.17. The fourth-order valence-electron chi connectivity index (χ4n) is 1.77. The molecular weight excluding hydrogens is 294 g/mol. The smallest absolute Gasteiger partial charge is 0.125 e. The van der Waals surface area contributed by atoms with E-state index in [1.165, 1.54) is 12.1 Å². The van der Waals surface area contributed by atoms with Gasteiger partial charge in [-0.15, -0.1) is 0 Å². The van der Waals surface area contributed by atoms with Gasteiger partial charge in [-0.05, 0) is 18.2 Å². The zero-order valence-electron chi connectivity index (χ0n) is 9.23. The first kappa shape index (κ1) is 13.7. The van der Waals surface area contributed by atoms with Crippen molar-refractivity contribution in [3.8, 4) is 0 Å².